The maximum Gasteiger partial charge on any atom is 0.271 e. The first kappa shape index (κ1) is 22.0. The number of nitrogens with one attached hydrogen (secondary N) is 1. The van der Waals surface area contributed by atoms with Crippen LogP contribution in [0.25, 0.3) is 0 Å². The molecule has 152 valence electrons. The number of nitrogens with zero attached hydrogens (tertiary/aromatic N) is 4. The number of thioether (sulfide) groups is 1. The molecule has 1 aromatic heterocycles. The van der Waals surface area contributed by atoms with Gasteiger partial charge >= 0.3 is 0 Å². The molecule has 0 saturated heterocycles. The normalized spacial score (nSPS) is 12.6. The quantitative estimate of drug-likeness (QED) is 0.283. The highest BCUT2D eigenvalue weighted by Gasteiger charge is 2.30. The summed E-state index contributed by atoms with van der Waals surface area (Å²) in [5.41, 5.74) is -0.258. The van der Waals surface area contributed by atoms with Crippen LogP contribution in [0.5, 0.6) is 0 Å². The fraction of sp³-hybridized carbons (Fsp3) is 0.400. The van der Waals surface area contributed by atoms with Crippen molar-refractivity contribution in [2.75, 3.05) is 15.9 Å². The second kappa shape index (κ2) is 8.84. The monoisotopic (exact) mass is 445 g/mol. The number of sulfonamides is 1. The van der Waals surface area contributed by atoms with E-state index >= 15 is 0 Å². The molecule has 0 aliphatic rings. The predicted molar refractivity (Wildman–Crippen MR) is 109 cm³/mol. The van der Waals surface area contributed by atoms with E-state index in [2.05, 4.69) is 15.5 Å². The van der Waals surface area contributed by atoms with E-state index in [1.54, 1.807) is 0 Å². The van der Waals surface area contributed by atoms with Crippen LogP contribution in [0.2, 0.25) is 0 Å². The number of non-ortho nitro benzene ring substituents is 1. The first-order valence-electron chi connectivity index (χ1n) is 8.04. The van der Waals surface area contributed by atoms with Gasteiger partial charge in [-0.3, -0.25) is 24.5 Å². The molecule has 2 aromatic rings. The average Bonchev–Trinajstić information content (AvgIpc) is 2.99. The van der Waals surface area contributed by atoms with Gasteiger partial charge in [0.25, 0.3) is 5.69 Å². The molecule has 0 fully saturated rings. The summed E-state index contributed by atoms with van der Waals surface area (Å²) in [7, 11) is -3.89. The number of benzene rings is 1. The topological polar surface area (TPSA) is 135 Å². The largest absolute Gasteiger partial charge is 0.299 e. The molecule has 1 unspecified atom stereocenters. The fourth-order valence-electron chi connectivity index (χ4n) is 2.27. The van der Waals surface area contributed by atoms with Crippen LogP contribution in [-0.2, 0) is 14.8 Å². The van der Waals surface area contributed by atoms with Crippen molar-refractivity contribution < 1.29 is 18.1 Å². The fourth-order valence-corrected chi connectivity index (χ4v) is 5.42. The number of aromatic nitrogens is 2. The minimum absolute atomic E-state index is 0.0210. The SMILES string of the molecule is CC(C)Sc1nnc(NC(=O)C(C)N(c2cccc([N+](=O)[O-])c2)S(C)(=O)=O)s1. The average molecular weight is 446 g/mol. The lowest BCUT2D eigenvalue weighted by Crippen LogP contribution is -2.45. The van der Waals surface area contributed by atoms with Crippen molar-refractivity contribution in [3.8, 4) is 0 Å². The van der Waals surface area contributed by atoms with E-state index in [1.807, 2.05) is 13.8 Å². The van der Waals surface area contributed by atoms with E-state index in [-0.39, 0.29) is 16.5 Å². The van der Waals surface area contributed by atoms with Gasteiger partial charge in [0.05, 0.1) is 16.9 Å². The Morgan fingerprint density at radius 2 is 2.00 bits per heavy atom. The first-order chi connectivity index (χ1) is 13.0. The Kier molecular flexibility index (Phi) is 6.96. The Morgan fingerprint density at radius 1 is 1.32 bits per heavy atom. The molecule has 0 radical (unpaired) electrons. The van der Waals surface area contributed by atoms with Crippen LogP contribution in [-0.4, -0.2) is 47.0 Å². The van der Waals surface area contributed by atoms with Gasteiger partial charge in [0.2, 0.25) is 21.1 Å². The minimum atomic E-state index is -3.89. The number of carbonyl (C=O) groups excluding carboxylic acids is 1. The van der Waals surface area contributed by atoms with E-state index in [4.69, 9.17) is 0 Å². The Morgan fingerprint density at radius 3 is 2.57 bits per heavy atom. The maximum atomic E-state index is 12.6. The highest BCUT2D eigenvalue weighted by molar-refractivity contribution is 8.01. The summed E-state index contributed by atoms with van der Waals surface area (Å²) in [6.07, 6.45) is 0.929. The smallest absolute Gasteiger partial charge is 0.271 e. The molecule has 28 heavy (non-hydrogen) atoms. The molecule has 1 amide bonds. The van der Waals surface area contributed by atoms with Crippen molar-refractivity contribution >= 4 is 55.5 Å². The molecule has 0 spiro atoms. The third-order valence-electron chi connectivity index (χ3n) is 3.36. The Labute approximate surface area is 170 Å². The third kappa shape index (κ3) is 5.62. The van der Waals surface area contributed by atoms with Gasteiger partial charge < -0.3 is 0 Å². The van der Waals surface area contributed by atoms with Crippen molar-refractivity contribution in [3.63, 3.8) is 0 Å². The molecule has 0 saturated carbocycles. The first-order valence-corrected chi connectivity index (χ1v) is 11.6. The van der Waals surface area contributed by atoms with Gasteiger partial charge in [-0.25, -0.2) is 8.42 Å². The molecular weight excluding hydrogens is 426 g/mol. The molecule has 1 heterocycles. The standard InChI is InChI=1S/C15H19N5O5S3/c1-9(2)26-15-18-17-14(27-15)16-13(21)10(3)19(28(4,24)25)11-6-5-7-12(8-11)20(22)23/h5-10H,1-4H3,(H,16,17,21). The van der Waals surface area contributed by atoms with E-state index in [9.17, 15) is 23.3 Å². The number of amides is 1. The maximum absolute atomic E-state index is 12.6. The summed E-state index contributed by atoms with van der Waals surface area (Å²) in [5.74, 6) is -0.630. The molecule has 1 aromatic carbocycles. The number of nitro groups is 1. The number of hydrogen-bond donors (Lipinski definition) is 1. The van der Waals surface area contributed by atoms with Gasteiger partial charge in [-0.15, -0.1) is 10.2 Å². The number of carbonyl (C=O) groups is 1. The Balaban J connectivity index is 2.27. The lowest BCUT2D eigenvalue weighted by atomic mass is 10.2. The van der Waals surface area contributed by atoms with Crippen LogP contribution in [0.1, 0.15) is 20.8 Å². The van der Waals surface area contributed by atoms with Gasteiger partial charge in [0, 0.05) is 17.4 Å². The van der Waals surface area contributed by atoms with Gasteiger partial charge in [0.15, 0.2) is 4.34 Å². The zero-order valence-corrected chi connectivity index (χ0v) is 18.0. The lowest BCUT2D eigenvalue weighted by molar-refractivity contribution is -0.384. The molecule has 2 rings (SSSR count). The van der Waals surface area contributed by atoms with Crippen LogP contribution in [0, 0.1) is 10.1 Å². The number of nitro benzene ring substituents is 1. The van der Waals surface area contributed by atoms with E-state index in [0.29, 0.717) is 9.59 Å². The molecule has 10 nitrogen and oxygen atoms in total. The zero-order valence-electron chi connectivity index (χ0n) is 15.5. The van der Waals surface area contributed by atoms with Gasteiger partial charge in [0.1, 0.15) is 6.04 Å². The van der Waals surface area contributed by atoms with Gasteiger partial charge in [-0.05, 0) is 13.0 Å². The molecular formula is C15H19N5O5S3. The Bertz CT molecular complexity index is 976. The molecule has 0 bridgehead atoms. The van der Waals surface area contributed by atoms with Crippen molar-refractivity contribution in [2.24, 2.45) is 0 Å². The number of anilines is 2. The summed E-state index contributed by atoms with van der Waals surface area (Å²) >= 11 is 2.67. The molecule has 1 atom stereocenters. The number of rotatable bonds is 8. The molecule has 0 aliphatic heterocycles. The summed E-state index contributed by atoms with van der Waals surface area (Å²) in [4.78, 5) is 23.0. The highest BCUT2D eigenvalue weighted by Crippen LogP contribution is 2.29. The summed E-state index contributed by atoms with van der Waals surface area (Å²) in [6, 6.07) is 3.93. The van der Waals surface area contributed by atoms with Gasteiger partial charge in [-0.2, -0.15) is 0 Å². The van der Waals surface area contributed by atoms with Crippen molar-refractivity contribution in [2.45, 2.75) is 36.4 Å². The summed E-state index contributed by atoms with van der Waals surface area (Å²) < 4.78 is 26.1. The minimum Gasteiger partial charge on any atom is -0.299 e. The Hall–Kier alpha value is -2.25. The second-order valence-electron chi connectivity index (χ2n) is 6.04. The number of hydrogen-bond acceptors (Lipinski definition) is 9. The van der Waals surface area contributed by atoms with E-state index in [0.717, 1.165) is 16.6 Å². The predicted octanol–water partition coefficient (Wildman–Crippen LogP) is 2.74. The summed E-state index contributed by atoms with van der Waals surface area (Å²) in [6.45, 7) is 5.38. The van der Waals surface area contributed by atoms with Crippen LogP contribution >= 0.6 is 23.1 Å². The van der Waals surface area contributed by atoms with Crippen LogP contribution in [0.15, 0.2) is 28.6 Å². The molecule has 13 heteroatoms. The molecule has 0 aliphatic carbocycles. The molecule has 1 N–H and O–H groups in total. The third-order valence-corrected chi connectivity index (χ3v) is 6.52. The highest BCUT2D eigenvalue weighted by atomic mass is 32.2. The van der Waals surface area contributed by atoms with Gasteiger partial charge in [-0.1, -0.05) is 43.0 Å². The van der Waals surface area contributed by atoms with Crippen LogP contribution in [0.4, 0.5) is 16.5 Å². The van der Waals surface area contributed by atoms with Crippen molar-refractivity contribution in [1.29, 1.82) is 0 Å². The van der Waals surface area contributed by atoms with Crippen LogP contribution < -0.4 is 9.62 Å². The summed E-state index contributed by atoms with van der Waals surface area (Å²) in [5, 5.41) is 21.9. The van der Waals surface area contributed by atoms with Crippen molar-refractivity contribution in [3.05, 3.63) is 34.4 Å². The zero-order chi connectivity index (χ0) is 21.1. The van der Waals surface area contributed by atoms with E-state index in [1.165, 1.54) is 48.2 Å². The van der Waals surface area contributed by atoms with E-state index < -0.39 is 26.9 Å². The second-order valence-corrected chi connectivity index (χ2v) is 10.7. The van der Waals surface area contributed by atoms with Crippen molar-refractivity contribution in [1.82, 2.24) is 10.2 Å². The van der Waals surface area contributed by atoms with Crippen LogP contribution in [0.3, 0.4) is 0 Å². The lowest BCUT2D eigenvalue weighted by Gasteiger charge is -2.27.